The Hall–Kier alpha value is -1.84. The van der Waals surface area contributed by atoms with Gasteiger partial charge < -0.3 is 15.0 Å². The van der Waals surface area contributed by atoms with Gasteiger partial charge in [-0.1, -0.05) is 17.3 Å². The van der Waals surface area contributed by atoms with Crippen LogP contribution < -0.4 is 10.5 Å². The molecule has 0 fully saturated rings. The normalized spacial score (nSPS) is 11.4. The van der Waals surface area contributed by atoms with E-state index in [2.05, 4.69) is 14.9 Å². The summed E-state index contributed by atoms with van der Waals surface area (Å²) in [6.07, 6.45) is -4.68. The minimum Gasteiger partial charge on any atom is -0.406 e. The van der Waals surface area contributed by atoms with E-state index in [9.17, 15) is 13.2 Å². The topological polar surface area (TPSA) is 77.4 Å². The molecule has 6 nitrogen and oxygen atoms in total. The molecule has 0 spiro atoms. The van der Waals surface area contributed by atoms with Gasteiger partial charge >= 0.3 is 6.36 Å². The molecule has 0 atom stereocenters. The highest BCUT2D eigenvalue weighted by atomic mass is 35.5. The lowest BCUT2D eigenvalue weighted by Crippen LogP contribution is -2.19. The predicted octanol–water partition coefficient (Wildman–Crippen LogP) is 2.48. The highest BCUT2D eigenvalue weighted by Gasteiger charge is 2.30. The van der Waals surface area contributed by atoms with Gasteiger partial charge in [-0.15, -0.1) is 25.6 Å². The van der Waals surface area contributed by atoms with Crippen LogP contribution in [-0.2, 0) is 19.6 Å². The summed E-state index contributed by atoms with van der Waals surface area (Å²) in [5.74, 6) is 0.613. The van der Waals surface area contributed by atoms with Gasteiger partial charge in [0.1, 0.15) is 5.75 Å². The number of hydrogen-bond donors (Lipinski definition) is 1. The number of aromatic nitrogens is 2. The number of hydrogen-bond acceptors (Lipinski definition) is 6. The van der Waals surface area contributed by atoms with E-state index in [1.54, 1.807) is 12.1 Å². The molecule has 0 unspecified atom stereocenters. The smallest absolute Gasteiger partial charge is 0.406 e. The molecule has 2 N–H and O–H groups in total. The van der Waals surface area contributed by atoms with Crippen molar-refractivity contribution in [3.63, 3.8) is 0 Å². The molecule has 0 aliphatic heterocycles. The quantitative estimate of drug-likeness (QED) is 0.860. The Kier molecular flexibility index (Phi) is 6.79. The molecule has 1 aromatic heterocycles. The number of rotatable bonds is 6. The van der Waals surface area contributed by atoms with Crippen molar-refractivity contribution in [2.24, 2.45) is 5.73 Å². The van der Waals surface area contributed by atoms with Gasteiger partial charge in [0.2, 0.25) is 5.89 Å². The van der Waals surface area contributed by atoms with Crippen molar-refractivity contribution in [2.75, 3.05) is 7.05 Å². The number of halogens is 4. The predicted molar refractivity (Wildman–Crippen MR) is 77.7 cm³/mol. The second-order valence-electron chi connectivity index (χ2n) is 4.67. The second-order valence-corrected chi connectivity index (χ2v) is 4.67. The summed E-state index contributed by atoms with van der Waals surface area (Å²) in [6, 6.07) is 5.69. The molecule has 0 saturated heterocycles. The summed E-state index contributed by atoms with van der Waals surface area (Å²) >= 11 is 0. The van der Waals surface area contributed by atoms with E-state index in [4.69, 9.17) is 10.3 Å². The molecule has 2 rings (SSSR count). The fourth-order valence-corrected chi connectivity index (χ4v) is 1.84. The lowest BCUT2D eigenvalue weighted by atomic mass is 10.2. The lowest BCUT2D eigenvalue weighted by Gasteiger charge is -2.15. The van der Waals surface area contributed by atoms with Gasteiger partial charge in [0.25, 0.3) is 0 Å². The van der Waals surface area contributed by atoms with E-state index in [1.165, 1.54) is 12.1 Å². The van der Waals surface area contributed by atoms with Crippen LogP contribution in [-0.4, -0.2) is 28.5 Å². The van der Waals surface area contributed by atoms with Crippen molar-refractivity contribution in [3.8, 4) is 5.75 Å². The molecule has 0 aliphatic carbocycles. The van der Waals surface area contributed by atoms with Crippen molar-refractivity contribution in [2.45, 2.75) is 26.0 Å². The Bertz CT molecular complexity index is 604. The molecular weight excluding hydrogens is 337 g/mol. The lowest BCUT2D eigenvalue weighted by molar-refractivity contribution is -0.274. The van der Waals surface area contributed by atoms with E-state index < -0.39 is 6.36 Å². The molecule has 0 bridgehead atoms. The minimum absolute atomic E-state index is 0. The van der Waals surface area contributed by atoms with E-state index in [0.29, 0.717) is 24.8 Å². The highest BCUT2D eigenvalue weighted by Crippen LogP contribution is 2.23. The maximum absolute atomic E-state index is 12.1. The number of nitrogens with two attached hydrogens (primary N) is 1. The van der Waals surface area contributed by atoms with Crippen LogP contribution in [0.3, 0.4) is 0 Å². The van der Waals surface area contributed by atoms with Gasteiger partial charge in [-0.3, -0.25) is 4.90 Å². The standard InChI is InChI=1S/C13H15F3N4O2.ClH/c1-20(8-11-18-12(6-17)22-19-11)7-9-2-4-10(5-3-9)21-13(14,15)16;/h2-5H,6-8,17H2,1H3;1H. The highest BCUT2D eigenvalue weighted by molar-refractivity contribution is 5.85. The molecular formula is C13H16ClF3N4O2. The van der Waals surface area contributed by atoms with Crippen LogP contribution in [0.15, 0.2) is 28.8 Å². The first-order chi connectivity index (χ1) is 10.4. The van der Waals surface area contributed by atoms with Crippen molar-refractivity contribution in [1.82, 2.24) is 15.0 Å². The van der Waals surface area contributed by atoms with Crippen LogP contribution >= 0.6 is 12.4 Å². The molecule has 0 aliphatic rings. The second kappa shape index (κ2) is 8.14. The summed E-state index contributed by atoms with van der Waals surface area (Å²) < 4.78 is 44.9. The van der Waals surface area contributed by atoms with Crippen LogP contribution in [0.5, 0.6) is 5.75 Å². The maximum atomic E-state index is 12.1. The fourth-order valence-electron chi connectivity index (χ4n) is 1.84. The van der Waals surface area contributed by atoms with Gasteiger partial charge in [-0.2, -0.15) is 4.98 Å². The molecule has 10 heteroatoms. The monoisotopic (exact) mass is 352 g/mol. The van der Waals surface area contributed by atoms with Gasteiger partial charge in [0.15, 0.2) is 5.82 Å². The van der Waals surface area contributed by atoms with Crippen LogP contribution in [0, 0.1) is 0 Å². The Morgan fingerprint density at radius 3 is 2.39 bits per heavy atom. The summed E-state index contributed by atoms with van der Waals surface area (Å²) in [7, 11) is 1.83. The first-order valence-electron chi connectivity index (χ1n) is 6.40. The Morgan fingerprint density at radius 1 is 1.22 bits per heavy atom. The molecule has 1 heterocycles. The van der Waals surface area contributed by atoms with E-state index in [1.807, 2.05) is 11.9 Å². The first kappa shape index (κ1) is 19.2. The van der Waals surface area contributed by atoms with E-state index in [-0.39, 0.29) is 24.7 Å². The van der Waals surface area contributed by atoms with Gasteiger partial charge in [-0.25, -0.2) is 0 Å². The fraction of sp³-hybridized carbons (Fsp3) is 0.385. The third-order valence-corrected chi connectivity index (χ3v) is 2.71. The zero-order valence-corrected chi connectivity index (χ0v) is 13.0. The molecule has 1 aromatic carbocycles. The maximum Gasteiger partial charge on any atom is 0.573 e. The first-order valence-corrected chi connectivity index (χ1v) is 6.40. The molecule has 23 heavy (non-hydrogen) atoms. The Morgan fingerprint density at radius 2 is 1.87 bits per heavy atom. The zero-order chi connectivity index (χ0) is 16.2. The summed E-state index contributed by atoms with van der Waals surface area (Å²) in [6.45, 7) is 1.13. The summed E-state index contributed by atoms with van der Waals surface area (Å²) in [5.41, 5.74) is 6.21. The molecule has 0 amide bonds. The zero-order valence-electron chi connectivity index (χ0n) is 12.2. The summed E-state index contributed by atoms with van der Waals surface area (Å²) in [5, 5.41) is 3.77. The molecule has 0 saturated carbocycles. The Balaban J connectivity index is 0.00000264. The average Bonchev–Trinajstić information content (AvgIpc) is 2.87. The minimum atomic E-state index is -4.68. The Labute approximate surface area is 136 Å². The van der Waals surface area contributed by atoms with Crippen molar-refractivity contribution < 1.29 is 22.4 Å². The SMILES string of the molecule is CN(Cc1ccc(OC(F)(F)F)cc1)Cc1noc(CN)n1.Cl. The third-order valence-electron chi connectivity index (χ3n) is 2.71. The van der Waals surface area contributed by atoms with Gasteiger partial charge in [-0.05, 0) is 24.7 Å². The molecule has 128 valence electrons. The van der Waals surface area contributed by atoms with Gasteiger partial charge in [0, 0.05) is 6.54 Å². The van der Waals surface area contributed by atoms with E-state index >= 15 is 0 Å². The number of benzene rings is 1. The van der Waals surface area contributed by atoms with Crippen LogP contribution in [0.25, 0.3) is 0 Å². The van der Waals surface area contributed by atoms with Crippen molar-refractivity contribution in [1.29, 1.82) is 0 Å². The molecule has 0 radical (unpaired) electrons. The third kappa shape index (κ3) is 6.43. The molecule has 2 aromatic rings. The van der Waals surface area contributed by atoms with E-state index in [0.717, 1.165) is 5.56 Å². The largest absolute Gasteiger partial charge is 0.573 e. The van der Waals surface area contributed by atoms with Crippen molar-refractivity contribution in [3.05, 3.63) is 41.5 Å². The number of nitrogens with zero attached hydrogens (tertiary/aromatic N) is 3. The van der Waals surface area contributed by atoms with Crippen LogP contribution in [0.1, 0.15) is 17.3 Å². The number of ether oxygens (including phenoxy) is 1. The van der Waals surface area contributed by atoms with Crippen LogP contribution in [0.2, 0.25) is 0 Å². The van der Waals surface area contributed by atoms with Gasteiger partial charge in [0.05, 0.1) is 13.1 Å². The van der Waals surface area contributed by atoms with Crippen LogP contribution in [0.4, 0.5) is 13.2 Å². The average molecular weight is 353 g/mol. The van der Waals surface area contributed by atoms with Crippen molar-refractivity contribution >= 4 is 12.4 Å². The number of alkyl halides is 3. The summed E-state index contributed by atoms with van der Waals surface area (Å²) in [4.78, 5) is 5.97.